The second-order valence-corrected chi connectivity index (χ2v) is 2.68. The van der Waals surface area contributed by atoms with Crippen LogP contribution in [-0.4, -0.2) is 16.9 Å². The fraction of sp³-hybridized carbons (Fsp3) is 0.667. The highest BCUT2D eigenvalue weighted by molar-refractivity contribution is 5.13. The molecule has 0 bridgehead atoms. The zero-order valence-corrected chi connectivity index (χ0v) is 6.34. The van der Waals surface area contributed by atoms with Crippen molar-refractivity contribution in [2.45, 2.75) is 25.6 Å². The summed E-state index contributed by atoms with van der Waals surface area (Å²) in [7, 11) is 0. The largest absolute Gasteiger partial charge is 0.445 e. The maximum atomic E-state index is 12.3. The van der Waals surface area contributed by atoms with Gasteiger partial charge in [-0.1, -0.05) is 0 Å². The first-order valence-electron chi connectivity index (χ1n) is 2.92. The summed E-state index contributed by atoms with van der Waals surface area (Å²) in [4.78, 5) is 0. The van der Waals surface area contributed by atoms with Crippen molar-refractivity contribution < 1.29 is 27.1 Å². The predicted molar refractivity (Wildman–Crippen MR) is 31.6 cm³/mol. The summed E-state index contributed by atoms with van der Waals surface area (Å²) in [5.74, 6) is -5.11. The maximum absolute atomic E-state index is 12.3. The van der Waals surface area contributed by atoms with Crippen LogP contribution in [0.5, 0.6) is 0 Å². The summed E-state index contributed by atoms with van der Waals surface area (Å²) in [6, 6.07) is 0. The molecule has 0 aliphatic rings. The van der Waals surface area contributed by atoms with E-state index in [2.05, 4.69) is 0 Å². The average molecular weight is 190 g/mol. The van der Waals surface area contributed by atoms with E-state index in [1.165, 1.54) is 0 Å². The van der Waals surface area contributed by atoms with E-state index in [9.17, 15) is 22.0 Å². The van der Waals surface area contributed by atoms with Crippen LogP contribution in [0.25, 0.3) is 0 Å². The van der Waals surface area contributed by atoms with Crippen molar-refractivity contribution in [1.29, 1.82) is 0 Å². The van der Waals surface area contributed by atoms with Gasteiger partial charge in [0.2, 0.25) is 5.83 Å². The maximum Gasteiger partial charge on any atom is 0.445 e. The van der Waals surface area contributed by atoms with Gasteiger partial charge < -0.3 is 5.11 Å². The van der Waals surface area contributed by atoms with Crippen LogP contribution in [0.1, 0.15) is 13.8 Å². The highest BCUT2D eigenvalue weighted by Crippen LogP contribution is 2.33. The average Bonchev–Trinajstić information content (AvgIpc) is 1.80. The molecule has 0 fully saturated rings. The number of hydrogen-bond donors (Lipinski definition) is 1. The molecule has 1 nitrogen and oxygen atoms in total. The Labute approximate surface area is 65.5 Å². The Hall–Kier alpha value is -0.650. The first kappa shape index (κ1) is 11.4. The van der Waals surface area contributed by atoms with Gasteiger partial charge in [-0.2, -0.15) is 17.6 Å². The van der Waals surface area contributed by atoms with E-state index in [-0.39, 0.29) is 0 Å². The van der Waals surface area contributed by atoms with E-state index in [4.69, 9.17) is 5.11 Å². The number of halogens is 5. The molecule has 0 spiro atoms. The molecule has 0 aromatic rings. The van der Waals surface area contributed by atoms with Crippen LogP contribution in [0.2, 0.25) is 0 Å². The van der Waals surface area contributed by atoms with Gasteiger partial charge >= 0.3 is 6.18 Å². The third-order valence-corrected chi connectivity index (χ3v) is 0.979. The second kappa shape index (κ2) is 3.01. The van der Waals surface area contributed by atoms with Crippen molar-refractivity contribution in [3.8, 4) is 0 Å². The summed E-state index contributed by atoms with van der Waals surface area (Å²) < 4.78 is 58.7. The second-order valence-electron chi connectivity index (χ2n) is 2.68. The Morgan fingerprint density at radius 2 is 1.33 bits per heavy atom. The van der Waals surface area contributed by atoms with E-state index >= 15 is 0 Å². The summed E-state index contributed by atoms with van der Waals surface area (Å²) in [5.41, 5.74) is -2.44. The molecule has 0 atom stereocenters. The molecule has 0 radical (unpaired) electrons. The minimum Gasteiger partial charge on any atom is -0.383 e. The Bertz CT molecular complexity index is 175. The molecule has 0 aromatic carbocycles. The zero-order valence-electron chi connectivity index (χ0n) is 6.34. The SMILES string of the molecule is CC(C)(O)/C(F)=C(\F)C(F)(F)F. The van der Waals surface area contributed by atoms with Gasteiger partial charge in [0.05, 0.1) is 0 Å². The van der Waals surface area contributed by atoms with Crippen LogP contribution in [0, 0.1) is 0 Å². The summed E-state index contributed by atoms with van der Waals surface area (Å²) >= 11 is 0. The number of alkyl halides is 3. The lowest BCUT2D eigenvalue weighted by Crippen LogP contribution is -2.24. The molecule has 0 saturated heterocycles. The van der Waals surface area contributed by atoms with E-state index in [0.717, 1.165) is 0 Å². The Kier molecular flexibility index (Phi) is 2.84. The standard InChI is InChI=1S/C6H7F5O/c1-5(2,12)3(7)4(8)6(9,10)11/h12H,1-2H3/b4-3+. The van der Waals surface area contributed by atoms with Crippen molar-refractivity contribution >= 4 is 0 Å². The van der Waals surface area contributed by atoms with Crippen molar-refractivity contribution in [1.82, 2.24) is 0 Å². The van der Waals surface area contributed by atoms with Gasteiger partial charge in [0, 0.05) is 0 Å². The normalized spacial score (nSPS) is 16.0. The monoisotopic (exact) mass is 190 g/mol. The van der Waals surface area contributed by atoms with Crippen LogP contribution >= 0.6 is 0 Å². The highest BCUT2D eigenvalue weighted by atomic mass is 19.4. The van der Waals surface area contributed by atoms with E-state index in [1.54, 1.807) is 0 Å². The first-order valence-corrected chi connectivity index (χ1v) is 2.92. The summed E-state index contributed by atoms with van der Waals surface area (Å²) in [6.45, 7) is 1.43. The fourth-order valence-corrected chi connectivity index (χ4v) is 0.393. The molecule has 6 heteroatoms. The molecule has 0 unspecified atom stereocenters. The number of hydrogen-bond acceptors (Lipinski definition) is 1. The Morgan fingerprint density at radius 3 is 1.42 bits per heavy atom. The molecule has 0 aromatic heterocycles. The van der Waals surface area contributed by atoms with Crippen LogP contribution in [0.3, 0.4) is 0 Å². The molecule has 0 saturated carbocycles. The van der Waals surface area contributed by atoms with Gasteiger partial charge in [-0.3, -0.25) is 0 Å². The molecule has 0 amide bonds. The van der Waals surface area contributed by atoms with E-state index in [1.807, 2.05) is 0 Å². The molecular weight excluding hydrogens is 183 g/mol. The van der Waals surface area contributed by atoms with Crippen LogP contribution in [0.4, 0.5) is 22.0 Å². The molecule has 72 valence electrons. The smallest absolute Gasteiger partial charge is 0.383 e. The quantitative estimate of drug-likeness (QED) is 0.629. The van der Waals surface area contributed by atoms with Gasteiger partial charge in [0.25, 0.3) is 0 Å². The van der Waals surface area contributed by atoms with Crippen LogP contribution in [-0.2, 0) is 0 Å². The third-order valence-electron chi connectivity index (χ3n) is 0.979. The van der Waals surface area contributed by atoms with Crippen molar-refractivity contribution in [2.24, 2.45) is 0 Å². The molecule has 12 heavy (non-hydrogen) atoms. The van der Waals surface area contributed by atoms with Gasteiger partial charge in [-0.05, 0) is 13.8 Å². The third kappa shape index (κ3) is 2.77. The van der Waals surface area contributed by atoms with Gasteiger partial charge in [0.15, 0.2) is 5.83 Å². The van der Waals surface area contributed by atoms with Gasteiger partial charge in [-0.25, -0.2) is 4.39 Å². The number of aliphatic hydroxyl groups is 1. The summed E-state index contributed by atoms with van der Waals surface area (Å²) in [5, 5.41) is 8.65. The predicted octanol–water partition coefficient (Wildman–Crippen LogP) is 2.47. The number of rotatable bonds is 1. The highest BCUT2D eigenvalue weighted by Gasteiger charge is 2.41. The molecule has 0 rings (SSSR count). The Balaban J connectivity index is 4.96. The topological polar surface area (TPSA) is 20.2 Å². The lowest BCUT2D eigenvalue weighted by Gasteiger charge is -2.16. The Morgan fingerprint density at radius 1 is 1.00 bits per heavy atom. The van der Waals surface area contributed by atoms with Crippen LogP contribution in [0.15, 0.2) is 11.7 Å². The first-order chi connectivity index (χ1) is 5.07. The van der Waals surface area contributed by atoms with Gasteiger partial charge in [0.1, 0.15) is 5.60 Å². The van der Waals surface area contributed by atoms with Crippen molar-refractivity contribution in [3.63, 3.8) is 0 Å². The van der Waals surface area contributed by atoms with Crippen LogP contribution < -0.4 is 0 Å². The lowest BCUT2D eigenvalue weighted by atomic mass is 10.1. The molecule has 0 aliphatic carbocycles. The molecule has 0 heterocycles. The minimum atomic E-state index is -5.38. The molecule has 0 aliphatic heterocycles. The minimum absolute atomic E-state index is 0.716. The van der Waals surface area contributed by atoms with E-state index < -0.39 is 23.4 Å². The van der Waals surface area contributed by atoms with Crippen molar-refractivity contribution in [3.05, 3.63) is 11.7 Å². The summed E-state index contributed by atoms with van der Waals surface area (Å²) in [6.07, 6.45) is -5.38. The fourth-order valence-electron chi connectivity index (χ4n) is 0.393. The molecular formula is C6H7F5O. The molecule has 1 N–H and O–H groups in total. The van der Waals surface area contributed by atoms with Crippen molar-refractivity contribution in [2.75, 3.05) is 0 Å². The lowest BCUT2D eigenvalue weighted by molar-refractivity contribution is -0.114. The van der Waals surface area contributed by atoms with Gasteiger partial charge in [-0.15, -0.1) is 0 Å². The van der Waals surface area contributed by atoms with E-state index in [0.29, 0.717) is 13.8 Å². The zero-order chi connectivity index (χ0) is 10.2. The number of allylic oxidation sites excluding steroid dienone is 1.